The van der Waals surface area contributed by atoms with Gasteiger partial charge in [-0.15, -0.1) is 11.3 Å². The molecule has 0 saturated heterocycles. The largest absolute Gasteiger partial charge is 0.492 e. The molecule has 0 unspecified atom stereocenters. The topological polar surface area (TPSA) is 22.1 Å². The van der Waals surface area contributed by atoms with Gasteiger partial charge in [0.05, 0.1) is 16.3 Å². The van der Waals surface area contributed by atoms with Crippen LogP contribution in [-0.4, -0.2) is 11.6 Å². The van der Waals surface area contributed by atoms with E-state index in [4.69, 9.17) is 9.72 Å². The Balaban J connectivity index is 2.65. The van der Waals surface area contributed by atoms with Crippen LogP contribution in [0.4, 0.5) is 0 Å². The molecule has 0 bridgehead atoms. The van der Waals surface area contributed by atoms with Crippen LogP contribution in [0.15, 0.2) is 12.1 Å². The Bertz CT molecular complexity index is 578. The van der Waals surface area contributed by atoms with E-state index in [1.54, 1.807) is 11.3 Å². The molecule has 0 saturated carbocycles. The van der Waals surface area contributed by atoms with Crippen LogP contribution in [0.5, 0.6) is 5.75 Å². The van der Waals surface area contributed by atoms with E-state index in [0.717, 1.165) is 11.3 Å². The van der Waals surface area contributed by atoms with Crippen LogP contribution in [0.2, 0.25) is 0 Å². The van der Waals surface area contributed by atoms with E-state index in [1.165, 1.54) is 15.3 Å². The third kappa shape index (κ3) is 2.92. The van der Waals surface area contributed by atoms with Crippen molar-refractivity contribution in [1.29, 1.82) is 0 Å². The van der Waals surface area contributed by atoms with E-state index in [1.807, 2.05) is 6.92 Å². The Morgan fingerprint density at radius 1 is 1.26 bits per heavy atom. The highest BCUT2D eigenvalue weighted by Gasteiger charge is 2.19. The van der Waals surface area contributed by atoms with Crippen LogP contribution in [0.3, 0.4) is 0 Å². The molecule has 0 aliphatic carbocycles. The van der Waals surface area contributed by atoms with Crippen LogP contribution in [0.1, 0.15) is 58.0 Å². The van der Waals surface area contributed by atoms with Gasteiger partial charge in [0.1, 0.15) is 11.3 Å². The molecule has 0 aliphatic rings. The fraction of sp³-hybridized carbons (Fsp3) is 0.562. The molecule has 2 nitrogen and oxygen atoms in total. The van der Waals surface area contributed by atoms with E-state index in [2.05, 4.69) is 46.8 Å². The fourth-order valence-electron chi connectivity index (χ4n) is 1.96. The molecule has 1 heterocycles. The van der Waals surface area contributed by atoms with E-state index < -0.39 is 0 Å². The van der Waals surface area contributed by atoms with Crippen LogP contribution in [0, 0.1) is 0 Å². The van der Waals surface area contributed by atoms with Crippen molar-refractivity contribution in [1.82, 2.24) is 4.98 Å². The van der Waals surface area contributed by atoms with Crippen molar-refractivity contribution in [2.24, 2.45) is 0 Å². The summed E-state index contributed by atoms with van der Waals surface area (Å²) in [4.78, 5) is 4.75. The Kier molecular flexibility index (Phi) is 3.86. The lowest BCUT2D eigenvalue weighted by Crippen LogP contribution is -2.11. The lowest BCUT2D eigenvalue weighted by molar-refractivity contribution is 0.342. The molecule has 0 radical (unpaired) electrons. The quantitative estimate of drug-likeness (QED) is 0.777. The summed E-state index contributed by atoms with van der Waals surface area (Å²) >= 11 is 1.78. The summed E-state index contributed by atoms with van der Waals surface area (Å²) in [6.07, 6.45) is 0. The third-order valence-corrected chi connectivity index (χ3v) is 4.44. The van der Waals surface area contributed by atoms with E-state index in [9.17, 15) is 0 Å². The van der Waals surface area contributed by atoms with Gasteiger partial charge in [-0.3, -0.25) is 0 Å². The van der Waals surface area contributed by atoms with Crippen molar-refractivity contribution in [3.8, 4) is 5.75 Å². The zero-order valence-electron chi connectivity index (χ0n) is 12.7. The Morgan fingerprint density at radius 3 is 2.47 bits per heavy atom. The van der Waals surface area contributed by atoms with E-state index in [0.29, 0.717) is 12.5 Å². The second-order valence-corrected chi connectivity index (χ2v) is 7.27. The number of aromatic nitrogens is 1. The van der Waals surface area contributed by atoms with Gasteiger partial charge >= 0.3 is 0 Å². The molecule has 2 rings (SSSR count). The molecule has 0 fully saturated rings. The first-order chi connectivity index (χ1) is 8.82. The molecule has 0 N–H and O–H groups in total. The Labute approximate surface area is 119 Å². The summed E-state index contributed by atoms with van der Waals surface area (Å²) in [6.45, 7) is 13.8. The fourth-order valence-corrected chi connectivity index (χ4v) is 2.99. The van der Waals surface area contributed by atoms with E-state index in [-0.39, 0.29) is 5.41 Å². The van der Waals surface area contributed by atoms with Crippen LogP contribution in [0.25, 0.3) is 10.2 Å². The lowest BCUT2D eigenvalue weighted by atomic mass is 9.87. The molecule has 0 aliphatic heterocycles. The monoisotopic (exact) mass is 277 g/mol. The molecule has 0 amide bonds. The molecule has 19 heavy (non-hydrogen) atoms. The second kappa shape index (κ2) is 5.12. The second-order valence-electron chi connectivity index (χ2n) is 6.21. The molecule has 2 aromatic rings. The molecule has 0 spiro atoms. The van der Waals surface area contributed by atoms with Crippen molar-refractivity contribution in [2.75, 3.05) is 6.61 Å². The lowest BCUT2D eigenvalue weighted by Gasteiger charge is -2.20. The maximum atomic E-state index is 5.79. The molecule has 104 valence electrons. The van der Waals surface area contributed by atoms with Gasteiger partial charge in [0.2, 0.25) is 0 Å². The van der Waals surface area contributed by atoms with E-state index >= 15 is 0 Å². The summed E-state index contributed by atoms with van der Waals surface area (Å²) in [5, 5.41) is 1.18. The van der Waals surface area contributed by atoms with Crippen LogP contribution in [-0.2, 0) is 5.41 Å². The summed E-state index contributed by atoms with van der Waals surface area (Å²) in [7, 11) is 0. The maximum absolute atomic E-state index is 5.79. The average molecular weight is 277 g/mol. The predicted molar refractivity (Wildman–Crippen MR) is 83.6 cm³/mol. The highest BCUT2D eigenvalue weighted by atomic mass is 32.1. The molecular formula is C16H23NOS. The zero-order chi connectivity index (χ0) is 14.2. The van der Waals surface area contributed by atoms with Gasteiger partial charge in [-0.1, -0.05) is 34.6 Å². The first-order valence-electron chi connectivity index (χ1n) is 6.90. The van der Waals surface area contributed by atoms with Gasteiger partial charge in [-0.2, -0.15) is 0 Å². The zero-order valence-corrected chi connectivity index (χ0v) is 13.5. The third-order valence-electron chi connectivity index (χ3n) is 3.14. The minimum absolute atomic E-state index is 0.127. The summed E-state index contributed by atoms with van der Waals surface area (Å²) in [6, 6.07) is 4.41. The SMILES string of the molecule is CCOc1cc(C(C)(C)C)cc2sc(C(C)C)nc12. The number of thiazole rings is 1. The Hall–Kier alpha value is -1.09. The Morgan fingerprint density at radius 2 is 1.95 bits per heavy atom. The number of nitrogens with zero attached hydrogens (tertiary/aromatic N) is 1. The number of ether oxygens (including phenoxy) is 1. The number of hydrogen-bond acceptors (Lipinski definition) is 3. The maximum Gasteiger partial charge on any atom is 0.146 e. The first-order valence-corrected chi connectivity index (χ1v) is 7.72. The number of fused-ring (bicyclic) bond motifs is 1. The van der Waals surface area contributed by atoms with Crippen molar-refractivity contribution in [2.45, 2.75) is 52.9 Å². The predicted octanol–water partition coefficient (Wildman–Crippen LogP) is 5.12. The minimum atomic E-state index is 0.127. The normalized spacial score (nSPS) is 12.4. The van der Waals surface area contributed by atoms with Gasteiger partial charge in [0.25, 0.3) is 0 Å². The molecule has 1 aromatic carbocycles. The smallest absolute Gasteiger partial charge is 0.146 e. The molecule has 3 heteroatoms. The highest BCUT2D eigenvalue weighted by Crippen LogP contribution is 2.37. The number of benzene rings is 1. The van der Waals surface area contributed by atoms with Crippen molar-refractivity contribution >= 4 is 21.6 Å². The average Bonchev–Trinajstić information content (AvgIpc) is 2.72. The van der Waals surface area contributed by atoms with Gasteiger partial charge in [0, 0.05) is 5.92 Å². The van der Waals surface area contributed by atoms with Crippen LogP contribution < -0.4 is 4.74 Å². The molecule has 1 aromatic heterocycles. The summed E-state index contributed by atoms with van der Waals surface area (Å²) in [5.74, 6) is 1.39. The van der Waals surface area contributed by atoms with Crippen molar-refractivity contribution < 1.29 is 4.74 Å². The van der Waals surface area contributed by atoms with Crippen LogP contribution >= 0.6 is 11.3 Å². The summed E-state index contributed by atoms with van der Waals surface area (Å²) < 4.78 is 7.03. The molecular weight excluding hydrogens is 254 g/mol. The first kappa shape index (κ1) is 14.3. The number of rotatable bonds is 3. The van der Waals surface area contributed by atoms with Crippen molar-refractivity contribution in [3.63, 3.8) is 0 Å². The van der Waals surface area contributed by atoms with Gasteiger partial charge in [-0.25, -0.2) is 4.98 Å². The standard InChI is InChI=1S/C16H23NOS/c1-7-18-12-8-11(16(4,5)6)9-13-14(12)17-15(19-13)10(2)3/h8-10H,7H2,1-6H3. The minimum Gasteiger partial charge on any atom is -0.492 e. The van der Waals surface area contributed by atoms with Crippen molar-refractivity contribution in [3.05, 3.63) is 22.7 Å². The highest BCUT2D eigenvalue weighted by molar-refractivity contribution is 7.18. The number of hydrogen-bond donors (Lipinski definition) is 0. The molecule has 0 atom stereocenters. The van der Waals surface area contributed by atoms with Gasteiger partial charge < -0.3 is 4.74 Å². The van der Waals surface area contributed by atoms with Gasteiger partial charge in [0.15, 0.2) is 0 Å². The summed E-state index contributed by atoms with van der Waals surface area (Å²) in [5.41, 5.74) is 2.45. The van der Waals surface area contributed by atoms with Gasteiger partial charge in [-0.05, 0) is 30.0 Å².